The molecule has 8 heteroatoms. The third kappa shape index (κ3) is 4.56. The van der Waals surface area contributed by atoms with Gasteiger partial charge in [-0.3, -0.25) is 14.6 Å². The molecule has 0 unspecified atom stereocenters. The lowest BCUT2D eigenvalue weighted by Crippen LogP contribution is -2.23. The second-order valence-corrected chi connectivity index (χ2v) is 6.19. The van der Waals surface area contributed by atoms with Crippen molar-refractivity contribution in [2.75, 3.05) is 7.11 Å². The topological polar surface area (TPSA) is 133 Å². The molecule has 0 fully saturated rings. The van der Waals surface area contributed by atoms with E-state index < -0.39 is 5.91 Å². The maximum atomic E-state index is 12.6. The van der Waals surface area contributed by atoms with E-state index in [9.17, 15) is 9.59 Å². The fourth-order valence-electron chi connectivity index (χ4n) is 2.85. The summed E-state index contributed by atoms with van der Waals surface area (Å²) >= 11 is 0. The number of primary amides is 1. The summed E-state index contributed by atoms with van der Waals surface area (Å²) in [5, 5.41) is 2.87. The molecule has 0 saturated carbocycles. The zero-order valence-corrected chi connectivity index (χ0v) is 15.9. The first kappa shape index (κ1) is 20.0. The second kappa shape index (κ2) is 8.94. The summed E-state index contributed by atoms with van der Waals surface area (Å²) in [7, 11) is 1.58. The molecule has 0 aliphatic heterocycles. The maximum absolute atomic E-state index is 12.6. The molecule has 3 aromatic rings. The fourth-order valence-corrected chi connectivity index (χ4v) is 2.85. The van der Waals surface area contributed by atoms with Crippen molar-refractivity contribution < 1.29 is 14.3 Å². The van der Waals surface area contributed by atoms with E-state index in [0.717, 1.165) is 5.56 Å². The van der Waals surface area contributed by atoms with Crippen LogP contribution in [0, 0.1) is 0 Å². The molecule has 0 bridgehead atoms. The van der Waals surface area contributed by atoms with E-state index in [4.69, 9.17) is 16.2 Å². The van der Waals surface area contributed by atoms with Crippen LogP contribution in [-0.4, -0.2) is 28.9 Å². The number of benzene rings is 2. The first-order valence-corrected chi connectivity index (χ1v) is 8.89. The van der Waals surface area contributed by atoms with Crippen LogP contribution >= 0.6 is 0 Å². The molecule has 0 aliphatic rings. The van der Waals surface area contributed by atoms with Crippen LogP contribution in [0.3, 0.4) is 0 Å². The Morgan fingerprint density at radius 1 is 1.14 bits per heavy atom. The number of aromatic nitrogens is 2. The molecular formula is C21H21N5O3. The molecule has 0 saturated heterocycles. The van der Waals surface area contributed by atoms with E-state index in [1.807, 2.05) is 24.3 Å². The normalized spacial score (nSPS) is 10.4. The highest BCUT2D eigenvalue weighted by Crippen LogP contribution is 2.20. The van der Waals surface area contributed by atoms with Gasteiger partial charge >= 0.3 is 0 Å². The first-order chi connectivity index (χ1) is 14.0. The minimum atomic E-state index is -0.703. The van der Waals surface area contributed by atoms with Crippen molar-refractivity contribution in [2.45, 2.75) is 13.1 Å². The number of hydrogen-bond donors (Lipinski definition) is 3. The molecule has 29 heavy (non-hydrogen) atoms. The highest BCUT2D eigenvalue weighted by atomic mass is 16.5. The van der Waals surface area contributed by atoms with E-state index in [-0.39, 0.29) is 18.1 Å². The van der Waals surface area contributed by atoms with E-state index in [2.05, 4.69) is 15.3 Å². The summed E-state index contributed by atoms with van der Waals surface area (Å²) in [6.07, 6.45) is 1.50. The predicted octanol–water partition coefficient (Wildman–Crippen LogP) is 1.64. The average molecular weight is 391 g/mol. The average Bonchev–Trinajstić information content (AvgIpc) is 2.77. The zero-order chi connectivity index (χ0) is 20.8. The lowest BCUT2D eigenvalue weighted by Gasteiger charge is -2.10. The van der Waals surface area contributed by atoms with Gasteiger partial charge < -0.3 is 21.5 Å². The van der Waals surface area contributed by atoms with Crippen LogP contribution in [-0.2, 0) is 13.1 Å². The summed E-state index contributed by atoms with van der Waals surface area (Å²) in [6, 6.07) is 14.3. The molecule has 0 spiro atoms. The van der Waals surface area contributed by atoms with Gasteiger partial charge in [0.15, 0.2) is 5.69 Å². The molecular weight excluding hydrogens is 370 g/mol. The quantitative estimate of drug-likeness (QED) is 0.561. The van der Waals surface area contributed by atoms with Crippen molar-refractivity contribution in [3.63, 3.8) is 0 Å². The Hall–Kier alpha value is -3.78. The lowest BCUT2D eigenvalue weighted by atomic mass is 10.1. The van der Waals surface area contributed by atoms with Crippen LogP contribution in [0.2, 0.25) is 0 Å². The third-order valence-electron chi connectivity index (χ3n) is 4.33. The van der Waals surface area contributed by atoms with Gasteiger partial charge in [0.05, 0.1) is 24.7 Å². The monoisotopic (exact) mass is 391 g/mol. The van der Waals surface area contributed by atoms with Crippen LogP contribution < -0.4 is 21.5 Å². The number of nitrogens with two attached hydrogens (primary N) is 2. The number of methoxy groups -OCH3 is 1. The van der Waals surface area contributed by atoms with Gasteiger partial charge in [-0.25, -0.2) is 4.98 Å². The molecule has 5 N–H and O–H groups in total. The Kier molecular flexibility index (Phi) is 6.16. The van der Waals surface area contributed by atoms with Crippen molar-refractivity contribution in [1.82, 2.24) is 15.3 Å². The molecule has 8 nitrogen and oxygen atoms in total. The van der Waals surface area contributed by atoms with Gasteiger partial charge in [-0.1, -0.05) is 30.3 Å². The number of hydrogen-bond acceptors (Lipinski definition) is 6. The van der Waals surface area contributed by atoms with Gasteiger partial charge in [0.2, 0.25) is 0 Å². The van der Waals surface area contributed by atoms with Gasteiger partial charge in [0.1, 0.15) is 5.75 Å². The van der Waals surface area contributed by atoms with E-state index >= 15 is 0 Å². The van der Waals surface area contributed by atoms with Gasteiger partial charge in [0, 0.05) is 29.8 Å². The molecule has 1 aromatic heterocycles. The number of nitrogens with zero attached hydrogens (tertiary/aromatic N) is 2. The Morgan fingerprint density at radius 3 is 2.66 bits per heavy atom. The summed E-state index contributed by atoms with van der Waals surface area (Å²) in [5.41, 5.74) is 13.7. The second-order valence-electron chi connectivity index (χ2n) is 6.19. The van der Waals surface area contributed by atoms with E-state index in [1.54, 1.807) is 31.4 Å². The number of carbonyl (C=O) groups is 2. The highest BCUT2D eigenvalue weighted by molar-refractivity contribution is 5.95. The minimum absolute atomic E-state index is 0.0241. The van der Waals surface area contributed by atoms with E-state index in [0.29, 0.717) is 34.8 Å². The number of amides is 2. The highest BCUT2D eigenvalue weighted by Gasteiger charge is 2.14. The standard InChI is InChI=1S/C21H21N5O3/c1-29-18-8-3-2-5-15(18)11-25-21(28)14-7-4-6-13(9-14)17-12-24-16(10-22)19(26-17)20(23)27/h2-9,12H,10-11,22H2,1H3,(H2,23,27)(H,25,28). The molecule has 2 amide bonds. The molecule has 0 atom stereocenters. The SMILES string of the molecule is COc1ccccc1CNC(=O)c1cccc(-c2cnc(CN)c(C(N)=O)n2)c1. The summed E-state index contributed by atoms with van der Waals surface area (Å²) in [5.74, 6) is -0.249. The van der Waals surface area contributed by atoms with Crippen LogP contribution in [0.15, 0.2) is 54.7 Å². The van der Waals surface area contributed by atoms with Gasteiger partial charge in [-0.05, 0) is 18.2 Å². The minimum Gasteiger partial charge on any atom is -0.496 e. The predicted molar refractivity (Wildman–Crippen MR) is 108 cm³/mol. The lowest BCUT2D eigenvalue weighted by molar-refractivity contribution is 0.0949. The Labute approximate surface area is 167 Å². The van der Waals surface area contributed by atoms with Gasteiger partial charge in [-0.15, -0.1) is 0 Å². The van der Waals surface area contributed by atoms with Crippen molar-refractivity contribution in [2.24, 2.45) is 11.5 Å². The van der Waals surface area contributed by atoms with Crippen LogP contribution in [0.1, 0.15) is 32.1 Å². The number of para-hydroxylation sites is 1. The smallest absolute Gasteiger partial charge is 0.269 e. The molecule has 148 valence electrons. The van der Waals surface area contributed by atoms with Crippen molar-refractivity contribution >= 4 is 11.8 Å². The van der Waals surface area contributed by atoms with Crippen LogP contribution in [0.5, 0.6) is 5.75 Å². The first-order valence-electron chi connectivity index (χ1n) is 8.89. The van der Waals surface area contributed by atoms with Crippen molar-refractivity contribution in [3.8, 4) is 17.0 Å². The summed E-state index contributed by atoms with van der Waals surface area (Å²) in [6.45, 7) is 0.376. The maximum Gasteiger partial charge on any atom is 0.269 e. The molecule has 3 rings (SSSR count). The summed E-state index contributed by atoms with van der Waals surface area (Å²) in [4.78, 5) is 32.6. The molecule has 2 aromatic carbocycles. The van der Waals surface area contributed by atoms with Gasteiger partial charge in [0.25, 0.3) is 11.8 Å². The van der Waals surface area contributed by atoms with Crippen molar-refractivity contribution in [3.05, 3.63) is 77.2 Å². The number of nitrogens with one attached hydrogen (secondary N) is 1. The molecule has 1 heterocycles. The molecule has 0 radical (unpaired) electrons. The van der Waals surface area contributed by atoms with Crippen LogP contribution in [0.4, 0.5) is 0 Å². The number of ether oxygens (including phenoxy) is 1. The number of rotatable bonds is 7. The zero-order valence-electron chi connectivity index (χ0n) is 15.9. The molecule has 0 aliphatic carbocycles. The summed E-state index contributed by atoms with van der Waals surface area (Å²) < 4.78 is 5.30. The Bertz CT molecular complexity index is 1050. The Balaban J connectivity index is 1.81. The van der Waals surface area contributed by atoms with Crippen molar-refractivity contribution in [1.29, 1.82) is 0 Å². The number of carbonyl (C=O) groups excluding carboxylic acids is 2. The fraction of sp³-hybridized carbons (Fsp3) is 0.143. The largest absolute Gasteiger partial charge is 0.496 e. The van der Waals surface area contributed by atoms with E-state index in [1.165, 1.54) is 6.20 Å². The van der Waals surface area contributed by atoms with Crippen LogP contribution in [0.25, 0.3) is 11.3 Å². The third-order valence-corrected chi connectivity index (χ3v) is 4.33. The van der Waals surface area contributed by atoms with Gasteiger partial charge in [-0.2, -0.15) is 0 Å². The Morgan fingerprint density at radius 2 is 1.93 bits per heavy atom.